The molecule has 1 saturated heterocycles. The highest BCUT2D eigenvalue weighted by Crippen LogP contribution is 2.19. The molecule has 0 radical (unpaired) electrons. The van der Waals surface area contributed by atoms with Gasteiger partial charge in [0.1, 0.15) is 11.9 Å². The van der Waals surface area contributed by atoms with Crippen molar-refractivity contribution in [3.8, 4) is 0 Å². The topological polar surface area (TPSA) is 87.3 Å². The summed E-state index contributed by atoms with van der Waals surface area (Å²) in [7, 11) is 0. The smallest absolute Gasteiger partial charge is 0.322 e. The van der Waals surface area contributed by atoms with Gasteiger partial charge in [-0.2, -0.15) is 0 Å². The van der Waals surface area contributed by atoms with Gasteiger partial charge in [-0.15, -0.1) is 0 Å². The van der Waals surface area contributed by atoms with E-state index in [0.29, 0.717) is 11.3 Å². The highest BCUT2D eigenvalue weighted by Gasteiger charge is 2.30. The number of hydrogen-bond acceptors (Lipinski definition) is 3. The van der Waals surface area contributed by atoms with E-state index < -0.39 is 29.7 Å². The molecule has 2 aromatic rings. The van der Waals surface area contributed by atoms with Gasteiger partial charge >= 0.3 is 6.03 Å². The minimum absolute atomic E-state index is 0.0565. The largest absolute Gasteiger partial charge is 0.322 e. The average Bonchev–Trinajstić information content (AvgIpc) is 2.87. The second-order valence-electron chi connectivity index (χ2n) is 4.95. The third kappa shape index (κ3) is 3.03. The van der Waals surface area contributed by atoms with Gasteiger partial charge in [0.2, 0.25) is 0 Å². The van der Waals surface area contributed by atoms with Gasteiger partial charge in [-0.3, -0.25) is 14.9 Å². The van der Waals surface area contributed by atoms with Crippen molar-refractivity contribution in [3.63, 3.8) is 0 Å². The Morgan fingerprint density at radius 1 is 1.04 bits per heavy atom. The van der Waals surface area contributed by atoms with Crippen LogP contribution in [0.4, 0.5) is 14.9 Å². The molecule has 4 amide bonds. The third-order valence-electron chi connectivity index (χ3n) is 3.39. The van der Waals surface area contributed by atoms with Crippen molar-refractivity contribution in [1.29, 1.82) is 0 Å². The zero-order valence-electron chi connectivity index (χ0n) is 11.8. The quantitative estimate of drug-likeness (QED) is 0.757. The van der Waals surface area contributed by atoms with Crippen LogP contribution < -0.4 is 16.0 Å². The van der Waals surface area contributed by atoms with E-state index in [1.54, 1.807) is 30.3 Å². The van der Waals surface area contributed by atoms with Gasteiger partial charge in [0.25, 0.3) is 11.8 Å². The predicted molar refractivity (Wildman–Crippen MR) is 80.2 cm³/mol. The van der Waals surface area contributed by atoms with E-state index in [0.717, 1.165) is 0 Å². The van der Waals surface area contributed by atoms with E-state index in [-0.39, 0.29) is 5.56 Å². The number of urea groups is 1. The number of imide groups is 1. The molecule has 3 N–H and O–H groups in total. The van der Waals surface area contributed by atoms with E-state index in [2.05, 4.69) is 16.0 Å². The Labute approximate surface area is 130 Å². The van der Waals surface area contributed by atoms with Crippen molar-refractivity contribution in [2.75, 3.05) is 5.32 Å². The summed E-state index contributed by atoms with van der Waals surface area (Å²) in [6, 6.07) is 10.7. The fourth-order valence-corrected chi connectivity index (χ4v) is 2.25. The SMILES string of the molecule is O=C1NC(=O)C(c2ccc(NC(=O)c3ccccc3F)cc2)N1. The number of carbonyl (C=O) groups is 3. The van der Waals surface area contributed by atoms with Crippen LogP contribution >= 0.6 is 0 Å². The van der Waals surface area contributed by atoms with Crippen LogP contribution in [-0.2, 0) is 4.79 Å². The van der Waals surface area contributed by atoms with Crippen LogP contribution in [0.15, 0.2) is 48.5 Å². The second-order valence-corrected chi connectivity index (χ2v) is 4.95. The van der Waals surface area contributed by atoms with E-state index >= 15 is 0 Å². The van der Waals surface area contributed by atoms with E-state index in [4.69, 9.17) is 0 Å². The number of amides is 4. The Morgan fingerprint density at radius 3 is 2.35 bits per heavy atom. The molecule has 23 heavy (non-hydrogen) atoms. The van der Waals surface area contributed by atoms with E-state index in [9.17, 15) is 18.8 Å². The van der Waals surface area contributed by atoms with Crippen molar-refractivity contribution in [3.05, 3.63) is 65.5 Å². The normalized spacial score (nSPS) is 16.7. The Hall–Kier alpha value is -3.22. The summed E-state index contributed by atoms with van der Waals surface area (Å²) in [4.78, 5) is 34.7. The Balaban J connectivity index is 1.73. The molecule has 1 fully saturated rings. The van der Waals surface area contributed by atoms with Gasteiger partial charge < -0.3 is 10.6 Å². The minimum atomic E-state index is -0.751. The lowest BCUT2D eigenvalue weighted by Gasteiger charge is -2.10. The van der Waals surface area contributed by atoms with Crippen LogP contribution in [0.25, 0.3) is 0 Å². The lowest BCUT2D eigenvalue weighted by molar-refractivity contribution is -0.120. The zero-order chi connectivity index (χ0) is 16.4. The first-order valence-electron chi connectivity index (χ1n) is 6.82. The summed E-state index contributed by atoms with van der Waals surface area (Å²) < 4.78 is 13.5. The number of carbonyl (C=O) groups excluding carboxylic acids is 3. The van der Waals surface area contributed by atoms with Crippen molar-refractivity contribution < 1.29 is 18.8 Å². The lowest BCUT2D eigenvalue weighted by atomic mass is 10.1. The third-order valence-corrected chi connectivity index (χ3v) is 3.39. The standard InChI is InChI=1S/C16H12FN3O3/c17-12-4-2-1-3-11(12)14(21)18-10-7-5-9(6-8-10)13-15(22)20-16(23)19-13/h1-8,13H,(H,18,21)(H2,19,20,22,23). The number of nitrogens with one attached hydrogen (secondary N) is 3. The molecule has 116 valence electrons. The Bertz CT molecular complexity index is 789. The monoisotopic (exact) mass is 313 g/mol. The number of benzene rings is 2. The molecular formula is C16H12FN3O3. The average molecular weight is 313 g/mol. The molecule has 0 aromatic heterocycles. The highest BCUT2D eigenvalue weighted by atomic mass is 19.1. The van der Waals surface area contributed by atoms with Gasteiger partial charge in [-0.05, 0) is 29.8 Å². The maximum Gasteiger partial charge on any atom is 0.322 e. The van der Waals surface area contributed by atoms with Crippen LogP contribution in [0.3, 0.4) is 0 Å². The Morgan fingerprint density at radius 2 is 1.74 bits per heavy atom. The Kier molecular flexibility index (Phi) is 3.76. The first kappa shape index (κ1) is 14.7. The predicted octanol–water partition coefficient (Wildman–Crippen LogP) is 1.96. The zero-order valence-corrected chi connectivity index (χ0v) is 11.8. The number of anilines is 1. The lowest BCUT2D eigenvalue weighted by Crippen LogP contribution is -2.22. The van der Waals surface area contributed by atoms with Crippen LogP contribution in [0.2, 0.25) is 0 Å². The fourth-order valence-electron chi connectivity index (χ4n) is 2.25. The maximum atomic E-state index is 13.5. The van der Waals surface area contributed by atoms with Gasteiger partial charge in [-0.25, -0.2) is 9.18 Å². The molecule has 1 atom stereocenters. The molecule has 1 unspecified atom stereocenters. The van der Waals surface area contributed by atoms with E-state index in [1.165, 1.54) is 18.2 Å². The first-order chi connectivity index (χ1) is 11.0. The summed E-state index contributed by atoms with van der Waals surface area (Å²) >= 11 is 0. The minimum Gasteiger partial charge on any atom is -0.322 e. The number of hydrogen-bond donors (Lipinski definition) is 3. The summed E-state index contributed by atoms with van der Waals surface area (Å²) in [5.74, 6) is -1.60. The number of rotatable bonds is 3. The second kappa shape index (κ2) is 5.88. The summed E-state index contributed by atoms with van der Waals surface area (Å²) in [5, 5.41) is 7.19. The molecule has 1 heterocycles. The summed E-state index contributed by atoms with van der Waals surface area (Å²) in [5.41, 5.74) is 0.975. The molecule has 1 aliphatic rings. The van der Waals surface area contributed by atoms with Gasteiger partial charge in [0.15, 0.2) is 0 Å². The number of halogens is 1. The molecule has 7 heteroatoms. The van der Waals surface area contributed by atoms with E-state index in [1.807, 2.05) is 0 Å². The summed E-state index contributed by atoms with van der Waals surface area (Å²) in [6.07, 6.45) is 0. The van der Waals surface area contributed by atoms with Crippen LogP contribution in [0.1, 0.15) is 22.0 Å². The van der Waals surface area contributed by atoms with Crippen molar-refractivity contribution in [2.45, 2.75) is 6.04 Å². The molecule has 1 aliphatic heterocycles. The maximum absolute atomic E-state index is 13.5. The molecule has 0 saturated carbocycles. The highest BCUT2D eigenvalue weighted by molar-refractivity contribution is 6.05. The van der Waals surface area contributed by atoms with Crippen molar-refractivity contribution in [2.24, 2.45) is 0 Å². The molecule has 0 aliphatic carbocycles. The molecule has 3 rings (SSSR count). The van der Waals surface area contributed by atoms with Gasteiger partial charge in [0, 0.05) is 5.69 Å². The molecule has 2 aromatic carbocycles. The van der Waals surface area contributed by atoms with Crippen LogP contribution in [0, 0.1) is 5.82 Å². The van der Waals surface area contributed by atoms with Gasteiger partial charge in [-0.1, -0.05) is 24.3 Å². The van der Waals surface area contributed by atoms with Crippen molar-refractivity contribution in [1.82, 2.24) is 10.6 Å². The fraction of sp³-hybridized carbons (Fsp3) is 0.0625. The first-order valence-corrected chi connectivity index (χ1v) is 6.82. The molecule has 0 spiro atoms. The van der Waals surface area contributed by atoms with Crippen molar-refractivity contribution >= 4 is 23.5 Å². The van der Waals surface area contributed by atoms with Crippen LogP contribution in [0.5, 0.6) is 0 Å². The molecule has 0 bridgehead atoms. The molecule has 6 nitrogen and oxygen atoms in total. The van der Waals surface area contributed by atoms with Crippen LogP contribution in [-0.4, -0.2) is 17.8 Å². The van der Waals surface area contributed by atoms with Gasteiger partial charge in [0.05, 0.1) is 5.56 Å². The summed E-state index contributed by atoms with van der Waals surface area (Å²) in [6.45, 7) is 0. The molecular weight excluding hydrogens is 301 g/mol.